The standard InChI is InChI=1S/C23H28N2O4/c1-16(2)14-24-23(27)20-10-3-4-11-21(20)25-22(26)17-7-5-8-18(13-17)29-15-19-9-6-12-28-19/h3-5,7-8,10-11,13,16,19H,6,9,12,14-15H2,1-2H3,(H,24,27)(H,25,26). The highest BCUT2D eigenvalue weighted by molar-refractivity contribution is 6.09. The number of nitrogens with one attached hydrogen (secondary N) is 2. The zero-order chi connectivity index (χ0) is 20.6. The van der Waals surface area contributed by atoms with Gasteiger partial charge in [-0.3, -0.25) is 9.59 Å². The van der Waals surface area contributed by atoms with Crippen LogP contribution in [0.1, 0.15) is 47.4 Å². The van der Waals surface area contributed by atoms with E-state index in [1.165, 1.54) is 0 Å². The summed E-state index contributed by atoms with van der Waals surface area (Å²) in [5, 5.41) is 5.72. The molecule has 2 amide bonds. The monoisotopic (exact) mass is 396 g/mol. The topological polar surface area (TPSA) is 76.7 Å². The summed E-state index contributed by atoms with van der Waals surface area (Å²) >= 11 is 0. The molecular weight excluding hydrogens is 368 g/mol. The Hall–Kier alpha value is -2.86. The summed E-state index contributed by atoms with van der Waals surface area (Å²) in [6, 6.07) is 14.0. The summed E-state index contributed by atoms with van der Waals surface area (Å²) in [4.78, 5) is 25.2. The van der Waals surface area contributed by atoms with Gasteiger partial charge in [0.2, 0.25) is 0 Å². The summed E-state index contributed by atoms with van der Waals surface area (Å²) in [7, 11) is 0. The van der Waals surface area contributed by atoms with Crippen molar-refractivity contribution in [3.05, 3.63) is 59.7 Å². The van der Waals surface area contributed by atoms with Gasteiger partial charge in [0.25, 0.3) is 11.8 Å². The van der Waals surface area contributed by atoms with Crippen molar-refractivity contribution in [2.45, 2.75) is 32.8 Å². The summed E-state index contributed by atoms with van der Waals surface area (Å²) in [5.41, 5.74) is 1.38. The molecule has 1 heterocycles. The molecule has 1 aliphatic rings. The lowest BCUT2D eigenvalue weighted by atomic mass is 10.1. The summed E-state index contributed by atoms with van der Waals surface area (Å²) in [6.07, 6.45) is 2.17. The number of ether oxygens (including phenoxy) is 2. The van der Waals surface area contributed by atoms with Crippen molar-refractivity contribution in [2.75, 3.05) is 25.1 Å². The zero-order valence-electron chi connectivity index (χ0n) is 16.9. The van der Waals surface area contributed by atoms with Crippen LogP contribution in [0.3, 0.4) is 0 Å². The lowest BCUT2D eigenvalue weighted by Crippen LogP contribution is -2.28. The first-order valence-electron chi connectivity index (χ1n) is 10.1. The van der Waals surface area contributed by atoms with Crippen molar-refractivity contribution < 1.29 is 19.1 Å². The Morgan fingerprint density at radius 1 is 1.14 bits per heavy atom. The molecule has 154 valence electrons. The summed E-state index contributed by atoms with van der Waals surface area (Å²) < 4.78 is 11.3. The second kappa shape index (κ2) is 10.1. The number of benzene rings is 2. The van der Waals surface area contributed by atoms with Gasteiger partial charge in [0.1, 0.15) is 12.4 Å². The first-order chi connectivity index (χ1) is 14.0. The van der Waals surface area contributed by atoms with Crippen LogP contribution in [0.2, 0.25) is 0 Å². The molecule has 3 rings (SSSR count). The maximum Gasteiger partial charge on any atom is 0.255 e. The molecule has 1 unspecified atom stereocenters. The van der Waals surface area contributed by atoms with Crippen molar-refractivity contribution in [1.29, 1.82) is 0 Å². The van der Waals surface area contributed by atoms with Crippen LogP contribution in [0.4, 0.5) is 5.69 Å². The number of amides is 2. The molecule has 0 aromatic heterocycles. The maximum atomic E-state index is 12.7. The minimum absolute atomic E-state index is 0.115. The van der Waals surface area contributed by atoms with E-state index in [4.69, 9.17) is 9.47 Å². The van der Waals surface area contributed by atoms with Gasteiger partial charge in [-0.15, -0.1) is 0 Å². The SMILES string of the molecule is CC(C)CNC(=O)c1ccccc1NC(=O)c1cccc(OCC2CCCO2)c1. The molecule has 0 bridgehead atoms. The Bertz CT molecular complexity index is 844. The Labute approximate surface area is 171 Å². The maximum absolute atomic E-state index is 12.7. The molecule has 1 fully saturated rings. The van der Waals surface area contributed by atoms with Crippen LogP contribution in [0.5, 0.6) is 5.75 Å². The lowest BCUT2D eigenvalue weighted by Gasteiger charge is -2.14. The Morgan fingerprint density at radius 3 is 2.72 bits per heavy atom. The van der Waals surface area contributed by atoms with E-state index in [9.17, 15) is 9.59 Å². The Kier molecular flexibility index (Phi) is 7.25. The average molecular weight is 396 g/mol. The number of hydrogen-bond donors (Lipinski definition) is 2. The van der Waals surface area contributed by atoms with Crippen LogP contribution in [0, 0.1) is 5.92 Å². The van der Waals surface area contributed by atoms with Crippen LogP contribution in [-0.2, 0) is 4.74 Å². The van der Waals surface area contributed by atoms with E-state index in [1.807, 2.05) is 19.9 Å². The van der Waals surface area contributed by atoms with E-state index in [1.54, 1.807) is 42.5 Å². The van der Waals surface area contributed by atoms with Gasteiger partial charge < -0.3 is 20.1 Å². The number of carbonyl (C=O) groups is 2. The highest BCUT2D eigenvalue weighted by atomic mass is 16.5. The molecule has 0 saturated carbocycles. The fraction of sp³-hybridized carbons (Fsp3) is 0.391. The molecule has 0 spiro atoms. The van der Waals surface area contributed by atoms with Gasteiger partial charge in [0.05, 0.1) is 17.4 Å². The molecule has 1 aliphatic heterocycles. The first-order valence-corrected chi connectivity index (χ1v) is 10.1. The Morgan fingerprint density at radius 2 is 1.97 bits per heavy atom. The average Bonchev–Trinajstić information content (AvgIpc) is 3.25. The van der Waals surface area contributed by atoms with Crippen molar-refractivity contribution in [3.63, 3.8) is 0 Å². The quantitative estimate of drug-likeness (QED) is 0.710. The largest absolute Gasteiger partial charge is 0.491 e. The van der Waals surface area contributed by atoms with E-state index in [-0.39, 0.29) is 17.9 Å². The number of para-hydroxylation sites is 1. The summed E-state index contributed by atoms with van der Waals surface area (Å²) in [6.45, 7) is 5.89. The predicted molar refractivity (Wildman–Crippen MR) is 112 cm³/mol. The molecule has 2 aromatic carbocycles. The van der Waals surface area contributed by atoms with E-state index < -0.39 is 0 Å². The minimum Gasteiger partial charge on any atom is -0.491 e. The molecular formula is C23H28N2O4. The van der Waals surface area contributed by atoms with Crippen LogP contribution in [0.25, 0.3) is 0 Å². The van der Waals surface area contributed by atoms with Gasteiger partial charge in [-0.05, 0) is 49.1 Å². The van der Waals surface area contributed by atoms with Crippen LogP contribution < -0.4 is 15.4 Å². The van der Waals surface area contributed by atoms with Crippen molar-refractivity contribution in [3.8, 4) is 5.75 Å². The van der Waals surface area contributed by atoms with Crippen molar-refractivity contribution >= 4 is 17.5 Å². The third-order valence-corrected chi connectivity index (χ3v) is 4.65. The third kappa shape index (κ3) is 6.06. The highest BCUT2D eigenvalue weighted by Crippen LogP contribution is 2.20. The molecule has 2 N–H and O–H groups in total. The molecule has 1 saturated heterocycles. The number of anilines is 1. The molecule has 6 nitrogen and oxygen atoms in total. The van der Waals surface area contributed by atoms with E-state index in [2.05, 4.69) is 10.6 Å². The third-order valence-electron chi connectivity index (χ3n) is 4.65. The normalized spacial score (nSPS) is 15.9. The van der Waals surface area contributed by atoms with Gasteiger partial charge in [-0.1, -0.05) is 32.0 Å². The smallest absolute Gasteiger partial charge is 0.255 e. The molecule has 2 aromatic rings. The predicted octanol–water partition coefficient (Wildman–Crippen LogP) is 3.88. The second-order valence-electron chi connectivity index (χ2n) is 7.58. The molecule has 0 aliphatic carbocycles. The lowest BCUT2D eigenvalue weighted by molar-refractivity contribution is 0.0679. The van der Waals surface area contributed by atoms with Crippen LogP contribution in [-0.4, -0.2) is 37.7 Å². The van der Waals surface area contributed by atoms with Gasteiger partial charge in [-0.2, -0.15) is 0 Å². The minimum atomic E-state index is -0.295. The van der Waals surface area contributed by atoms with E-state index >= 15 is 0 Å². The highest BCUT2D eigenvalue weighted by Gasteiger charge is 2.17. The van der Waals surface area contributed by atoms with Crippen molar-refractivity contribution in [1.82, 2.24) is 5.32 Å². The van der Waals surface area contributed by atoms with E-state index in [0.29, 0.717) is 41.6 Å². The molecule has 29 heavy (non-hydrogen) atoms. The fourth-order valence-corrected chi connectivity index (χ4v) is 3.07. The molecule has 0 radical (unpaired) electrons. The Balaban J connectivity index is 1.65. The zero-order valence-corrected chi connectivity index (χ0v) is 16.9. The van der Waals surface area contributed by atoms with Crippen LogP contribution in [0.15, 0.2) is 48.5 Å². The van der Waals surface area contributed by atoms with E-state index in [0.717, 1.165) is 19.4 Å². The number of rotatable bonds is 8. The number of carbonyl (C=O) groups excluding carboxylic acids is 2. The molecule has 1 atom stereocenters. The van der Waals surface area contributed by atoms with Gasteiger partial charge in [-0.25, -0.2) is 0 Å². The van der Waals surface area contributed by atoms with Gasteiger partial charge in [0.15, 0.2) is 0 Å². The fourth-order valence-electron chi connectivity index (χ4n) is 3.07. The number of hydrogen-bond acceptors (Lipinski definition) is 4. The summed E-state index contributed by atoms with van der Waals surface area (Å²) in [5.74, 6) is 0.467. The first kappa shape index (κ1) is 20.9. The van der Waals surface area contributed by atoms with Crippen molar-refractivity contribution in [2.24, 2.45) is 5.92 Å². The van der Waals surface area contributed by atoms with Gasteiger partial charge in [0, 0.05) is 18.7 Å². The second-order valence-corrected chi connectivity index (χ2v) is 7.58. The van der Waals surface area contributed by atoms with Crippen LogP contribution >= 0.6 is 0 Å². The molecule has 6 heteroatoms. The van der Waals surface area contributed by atoms with Gasteiger partial charge >= 0.3 is 0 Å².